The average Bonchev–Trinajstić information content (AvgIpc) is 3.16. The first-order valence-corrected chi connectivity index (χ1v) is 13.5. The van der Waals surface area contributed by atoms with Gasteiger partial charge in [0.2, 0.25) is 0 Å². The van der Waals surface area contributed by atoms with Crippen LogP contribution >= 0.6 is 7.28 Å². The Bertz CT molecular complexity index is 1310. The van der Waals surface area contributed by atoms with Gasteiger partial charge in [-0.2, -0.15) is 0 Å². The SMILES string of the molecule is CCOC(=O)C1=C(OCC)OP2(c3ccccc3)(OC(=O)c3ccccc3O2)C1c1ccccc1. The van der Waals surface area contributed by atoms with Crippen LogP contribution < -0.4 is 9.83 Å². The second kappa shape index (κ2) is 8.75. The van der Waals surface area contributed by atoms with Crippen molar-refractivity contribution in [1.82, 2.24) is 0 Å². The van der Waals surface area contributed by atoms with Crippen LogP contribution in [0.5, 0.6) is 5.75 Å². The Balaban J connectivity index is 1.87. The molecule has 8 heteroatoms. The van der Waals surface area contributed by atoms with Crippen molar-refractivity contribution >= 4 is 24.5 Å². The molecule has 0 bridgehead atoms. The number of hydrogen-bond donors (Lipinski definition) is 0. The van der Waals surface area contributed by atoms with Crippen molar-refractivity contribution < 1.29 is 32.6 Å². The Kier molecular flexibility index (Phi) is 5.73. The monoisotopic (exact) mass is 492 g/mol. The number of ether oxygens (including phenoxy) is 2. The molecule has 0 radical (unpaired) electrons. The molecule has 0 saturated heterocycles. The molecule has 0 N–H and O–H groups in total. The quantitative estimate of drug-likeness (QED) is 0.335. The predicted octanol–water partition coefficient (Wildman–Crippen LogP) is 5.44. The van der Waals surface area contributed by atoms with Gasteiger partial charge in [0.1, 0.15) is 0 Å². The van der Waals surface area contributed by atoms with E-state index in [1.807, 2.05) is 48.5 Å². The first-order valence-electron chi connectivity index (χ1n) is 11.4. The summed E-state index contributed by atoms with van der Waals surface area (Å²) < 4.78 is 31.0. The average molecular weight is 492 g/mol. The third-order valence-corrected chi connectivity index (χ3v) is 10.2. The van der Waals surface area contributed by atoms with Crippen LogP contribution in [0.3, 0.4) is 0 Å². The summed E-state index contributed by atoms with van der Waals surface area (Å²) in [5.74, 6) is -0.975. The van der Waals surface area contributed by atoms with Crippen LogP contribution in [0.4, 0.5) is 0 Å². The Morgan fingerprint density at radius 3 is 2.17 bits per heavy atom. The molecule has 0 aliphatic carbocycles. The molecular weight excluding hydrogens is 467 g/mol. The van der Waals surface area contributed by atoms with E-state index in [2.05, 4.69) is 0 Å². The zero-order chi connectivity index (χ0) is 24.5. The Morgan fingerprint density at radius 1 is 0.829 bits per heavy atom. The van der Waals surface area contributed by atoms with Crippen molar-refractivity contribution in [2.45, 2.75) is 19.5 Å². The Morgan fingerprint density at radius 2 is 1.49 bits per heavy atom. The number of fused-ring (bicyclic) bond motifs is 1. The van der Waals surface area contributed by atoms with E-state index in [4.69, 9.17) is 23.0 Å². The van der Waals surface area contributed by atoms with E-state index in [1.54, 1.807) is 50.2 Å². The van der Waals surface area contributed by atoms with Crippen molar-refractivity contribution in [2.75, 3.05) is 13.2 Å². The first-order chi connectivity index (χ1) is 17.0. The van der Waals surface area contributed by atoms with Crippen LogP contribution in [0.15, 0.2) is 96.4 Å². The van der Waals surface area contributed by atoms with Gasteiger partial charge in [0.25, 0.3) is 0 Å². The molecule has 7 nitrogen and oxygen atoms in total. The second-order valence-electron chi connectivity index (χ2n) is 8.00. The van der Waals surface area contributed by atoms with Gasteiger partial charge in [0.05, 0.1) is 0 Å². The molecule has 3 aromatic rings. The van der Waals surface area contributed by atoms with Crippen molar-refractivity contribution in [2.24, 2.45) is 0 Å². The summed E-state index contributed by atoms with van der Waals surface area (Å²) in [4.78, 5) is 27.0. The number of esters is 1. The third kappa shape index (κ3) is 3.46. The van der Waals surface area contributed by atoms with Gasteiger partial charge in [-0.25, -0.2) is 0 Å². The van der Waals surface area contributed by atoms with E-state index in [0.29, 0.717) is 16.6 Å². The summed E-state index contributed by atoms with van der Waals surface area (Å²) >= 11 is 0. The first kappa shape index (κ1) is 22.9. The molecule has 0 aromatic heterocycles. The molecule has 3 aromatic carbocycles. The number of hydrogen-bond acceptors (Lipinski definition) is 7. The summed E-state index contributed by atoms with van der Waals surface area (Å²) in [6, 6.07) is 25.1. The number of para-hydroxylation sites is 1. The molecule has 5 rings (SSSR count). The van der Waals surface area contributed by atoms with Gasteiger partial charge in [-0.05, 0) is 0 Å². The van der Waals surface area contributed by atoms with Gasteiger partial charge in [-0.15, -0.1) is 0 Å². The van der Waals surface area contributed by atoms with Crippen LogP contribution in [-0.4, -0.2) is 25.2 Å². The van der Waals surface area contributed by atoms with E-state index < -0.39 is 24.9 Å². The minimum atomic E-state index is -4.76. The maximum absolute atomic E-state index is 13.5. The van der Waals surface area contributed by atoms with Crippen LogP contribution in [0, 0.1) is 0 Å². The summed E-state index contributed by atoms with van der Waals surface area (Å²) in [6.07, 6.45) is 0. The van der Waals surface area contributed by atoms with Crippen LogP contribution in [0.2, 0.25) is 0 Å². The fraction of sp³-hybridized carbons (Fsp3) is 0.185. The predicted molar refractivity (Wildman–Crippen MR) is 131 cm³/mol. The second-order valence-corrected chi connectivity index (χ2v) is 11.5. The molecule has 1 unspecified atom stereocenters. The Labute approximate surface area is 203 Å². The van der Waals surface area contributed by atoms with Gasteiger partial charge in [-0.1, -0.05) is 0 Å². The van der Waals surface area contributed by atoms with Crippen LogP contribution in [-0.2, 0) is 23.3 Å². The molecule has 2 heterocycles. The molecule has 0 fully saturated rings. The number of benzene rings is 3. The fourth-order valence-electron chi connectivity index (χ4n) is 4.56. The molecule has 0 amide bonds. The van der Waals surface area contributed by atoms with Gasteiger partial charge in [0.15, 0.2) is 0 Å². The summed E-state index contributed by atoms with van der Waals surface area (Å²) in [7, 11) is -4.76. The number of carbonyl (C=O) groups is 2. The van der Waals surface area contributed by atoms with E-state index >= 15 is 0 Å². The minimum absolute atomic E-state index is 0.0616. The molecular formula is C27H25O7P. The van der Waals surface area contributed by atoms with Crippen molar-refractivity contribution in [3.8, 4) is 5.75 Å². The topological polar surface area (TPSA) is 80.3 Å². The number of carbonyl (C=O) groups excluding carboxylic acids is 2. The van der Waals surface area contributed by atoms with Crippen molar-refractivity contribution in [3.05, 3.63) is 108 Å². The van der Waals surface area contributed by atoms with E-state index in [0.717, 1.165) is 0 Å². The summed E-state index contributed by atoms with van der Waals surface area (Å²) in [6.45, 7) is 3.86. The summed E-state index contributed by atoms with van der Waals surface area (Å²) in [5, 5.41) is 0.506. The normalized spacial score (nSPS) is 20.5. The molecule has 1 atom stereocenters. The van der Waals surface area contributed by atoms with Crippen LogP contribution in [0.25, 0.3) is 0 Å². The zero-order valence-electron chi connectivity index (χ0n) is 19.4. The zero-order valence-corrected chi connectivity index (χ0v) is 20.3. The van der Waals surface area contributed by atoms with E-state index in [9.17, 15) is 9.59 Å². The van der Waals surface area contributed by atoms with Crippen molar-refractivity contribution in [3.63, 3.8) is 0 Å². The van der Waals surface area contributed by atoms with Crippen molar-refractivity contribution in [1.29, 1.82) is 0 Å². The third-order valence-electron chi connectivity index (χ3n) is 5.94. The van der Waals surface area contributed by atoms with E-state index in [1.165, 1.54) is 0 Å². The molecule has 180 valence electrons. The van der Waals surface area contributed by atoms with Gasteiger partial charge in [0, 0.05) is 0 Å². The van der Waals surface area contributed by atoms with Gasteiger partial charge < -0.3 is 0 Å². The van der Waals surface area contributed by atoms with Gasteiger partial charge in [-0.3, -0.25) is 0 Å². The number of rotatable bonds is 6. The standard InChI is InChI=1S/C27H25O7P/c1-3-30-26(29)23-24(19-13-7-5-8-14-19)35(34-27(23)31-4-2,20-15-9-6-10-16-20)32-22-18-12-11-17-21(22)25(28)33-35/h5-18,24H,3-4H2,1-2H3. The Hall–Kier alpha value is -3.83. The van der Waals surface area contributed by atoms with Gasteiger partial charge >= 0.3 is 203 Å². The molecule has 1 spiro atoms. The molecule has 0 saturated carbocycles. The maximum atomic E-state index is 13.5. The molecule has 2 aliphatic rings. The fourth-order valence-corrected chi connectivity index (χ4v) is 9.07. The summed E-state index contributed by atoms with van der Waals surface area (Å²) in [5.41, 5.74) is 0.117. The van der Waals surface area contributed by atoms with Crippen LogP contribution in [0.1, 0.15) is 35.4 Å². The molecule has 2 aliphatic heterocycles. The van der Waals surface area contributed by atoms with E-state index in [-0.39, 0.29) is 30.3 Å². The molecule has 35 heavy (non-hydrogen) atoms.